The van der Waals surface area contributed by atoms with Crippen molar-refractivity contribution in [2.45, 2.75) is 25.3 Å². The Labute approximate surface area is 215 Å². The highest BCUT2D eigenvalue weighted by Gasteiger charge is 2.36. The Morgan fingerprint density at radius 2 is 1.77 bits per heavy atom. The van der Waals surface area contributed by atoms with Gasteiger partial charge in [0.25, 0.3) is 5.91 Å². The molecule has 0 bridgehead atoms. The lowest BCUT2D eigenvalue weighted by Gasteiger charge is -2.15. The van der Waals surface area contributed by atoms with E-state index in [0.29, 0.717) is 18.2 Å². The molecule has 0 spiro atoms. The molecule has 0 aliphatic rings. The second kappa shape index (κ2) is 9.44. The van der Waals surface area contributed by atoms with Crippen LogP contribution < -0.4 is 11.1 Å². The number of aliphatic hydroxyl groups is 1. The van der Waals surface area contributed by atoms with Gasteiger partial charge in [0.2, 0.25) is 0 Å². The number of aryl methyl sites for hydroxylation is 1. The lowest BCUT2D eigenvalue weighted by atomic mass is 10.0. The lowest BCUT2D eigenvalue weighted by Crippen LogP contribution is -2.22. The van der Waals surface area contributed by atoms with Crippen molar-refractivity contribution in [2.75, 3.05) is 11.1 Å². The molecule has 2 aromatic carbocycles. The van der Waals surface area contributed by atoms with E-state index in [9.17, 15) is 40.6 Å². The van der Waals surface area contributed by atoms with Gasteiger partial charge in [-0.1, -0.05) is 0 Å². The van der Waals surface area contributed by atoms with Gasteiger partial charge in [-0.15, -0.1) is 0 Å². The summed E-state index contributed by atoms with van der Waals surface area (Å²) in [6, 6.07) is 2.07. The van der Waals surface area contributed by atoms with Crippen LogP contribution in [-0.4, -0.2) is 25.4 Å². The molecule has 4 rings (SSSR count). The largest absolute Gasteiger partial charge is 0.433 e. The van der Waals surface area contributed by atoms with Crippen molar-refractivity contribution in [1.82, 2.24) is 14.4 Å². The monoisotopic (exact) mass is 566 g/mol. The molecular formula is C23H14F9N5O2. The Morgan fingerprint density at radius 3 is 2.38 bits per heavy atom. The first-order valence-electron chi connectivity index (χ1n) is 11.8. The normalized spacial score (nSPS) is 14.6. The molecule has 7 nitrogen and oxygen atoms in total. The first-order valence-corrected chi connectivity index (χ1v) is 10.3. The first kappa shape index (κ1) is 23.8. The number of aliphatic hydroxyl groups excluding tert-OH is 1. The molecule has 2 heterocycles. The van der Waals surface area contributed by atoms with Gasteiger partial charge in [0.1, 0.15) is 34.4 Å². The number of nitrogens with one attached hydrogen (secondary N) is 1. The first-order chi connectivity index (χ1) is 19.2. The van der Waals surface area contributed by atoms with E-state index in [1.54, 1.807) is 5.32 Å². The van der Waals surface area contributed by atoms with Gasteiger partial charge in [-0.25, -0.2) is 23.1 Å². The number of hydrogen-bond acceptors (Lipinski definition) is 5. The standard InChI is InChI=1S/C23H14F9N5O2/c1-8-35-17(18-20(33)34-7-14(37(8)18)23(30,31)32)12-2-3-13(16(26)15(12)25)36-21(39)19(38)9-4-10(22(27,28)29)6-11(24)5-9/h2-7,19,38H,1H3,(H2,33,34)(H,36,39)/t19-/m1/s1/i1D3. The van der Waals surface area contributed by atoms with Gasteiger partial charge >= 0.3 is 12.4 Å². The Morgan fingerprint density at radius 1 is 1.08 bits per heavy atom. The summed E-state index contributed by atoms with van der Waals surface area (Å²) in [6.07, 6.45) is -12.5. The number of nitrogen functional groups attached to an aromatic ring is 1. The summed E-state index contributed by atoms with van der Waals surface area (Å²) in [5.74, 6) is -8.77. The number of aromatic nitrogens is 3. The van der Waals surface area contributed by atoms with E-state index < -0.39 is 99.6 Å². The molecule has 0 saturated carbocycles. The lowest BCUT2D eigenvalue weighted by molar-refractivity contribution is -0.142. The fourth-order valence-corrected chi connectivity index (χ4v) is 3.64. The van der Waals surface area contributed by atoms with Gasteiger partial charge < -0.3 is 16.2 Å². The molecule has 0 fully saturated rings. The van der Waals surface area contributed by atoms with Crippen LogP contribution in [0.3, 0.4) is 0 Å². The second-order valence-corrected chi connectivity index (χ2v) is 7.95. The number of halogens is 9. The smallest absolute Gasteiger partial charge is 0.382 e. The molecule has 39 heavy (non-hydrogen) atoms. The summed E-state index contributed by atoms with van der Waals surface area (Å²) < 4.78 is 147. The number of benzene rings is 2. The predicted octanol–water partition coefficient (Wildman–Crippen LogP) is 5.41. The van der Waals surface area contributed by atoms with Crippen LogP contribution in [0.1, 0.15) is 32.9 Å². The predicted molar refractivity (Wildman–Crippen MR) is 117 cm³/mol. The second-order valence-electron chi connectivity index (χ2n) is 7.95. The van der Waals surface area contributed by atoms with E-state index in [1.165, 1.54) is 0 Å². The van der Waals surface area contributed by atoms with Crippen LogP contribution in [0.2, 0.25) is 0 Å². The van der Waals surface area contributed by atoms with Crippen molar-refractivity contribution >= 4 is 22.9 Å². The van der Waals surface area contributed by atoms with Crippen molar-refractivity contribution in [3.05, 3.63) is 76.6 Å². The number of hydrogen-bond donors (Lipinski definition) is 3. The van der Waals surface area contributed by atoms with Crippen LogP contribution in [-0.2, 0) is 17.1 Å². The summed E-state index contributed by atoms with van der Waals surface area (Å²) in [7, 11) is 0. The quantitative estimate of drug-likeness (QED) is 0.287. The molecule has 4 N–H and O–H groups in total. The van der Waals surface area contributed by atoms with Crippen molar-refractivity contribution in [3.63, 3.8) is 0 Å². The number of fused-ring (bicyclic) bond motifs is 1. The molecule has 206 valence electrons. The highest BCUT2D eigenvalue weighted by atomic mass is 19.4. The molecule has 2 aromatic heterocycles. The van der Waals surface area contributed by atoms with Gasteiger partial charge in [0, 0.05) is 9.68 Å². The van der Waals surface area contributed by atoms with Crippen LogP contribution in [0.15, 0.2) is 36.5 Å². The van der Waals surface area contributed by atoms with E-state index in [0.717, 1.165) is 0 Å². The summed E-state index contributed by atoms with van der Waals surface area (Å²) >= 11 is 0. The topological polar surface area (TPSA) is 106 Å². The molecule has 16 heteroatoms. The van der Waals surface area contributed by atoms with Crippen LogP contribution in [0, 0.1) is 24.3 Å². The minimum absolute atomic E-state index is 0.0856. The molecule has 0 saturated heterocycles. The van der Waals surface area contributed by atoms with E-state index in [1.807, 2.05) is 0 Å². The molecule has 1 amide bonds. The van der Waals surface area contributed by atoms with Gasteiger partial charge in [-0.3, -0.25) is 9.20 Å². The Balaban J connectivity index is 1.78. The van der Waals surface area contributed by atoms with Crippen LogP contribution in [0.4, 0.5) is 51.0 Å². The number of carbonyl (C=O) groups excluding carboxylic acids is 1. The number of carbonyl (C=O) groups is 1. The highest BCUT2D eigenvalue weighted by Crippen LogP contribution is 2.37. The third-order valence-corrected chi connectivity index (χ3v) is 5.38. The van der Waals surface area contributed by atoms with Crippen molar-refractivity contribution in [3.8, 4) is 11.3 Å². The van der Waals surface area contributed by atoms with Gasteiger partial charge in [0.15, 0.2) is 17.7 Å². The summed E-state index contributed by atoms with van der Waals surface area (Å²) in [4.78, 5) is 19.3. The van der Waals surface area contributed by atoms with Crippen molar-refractivity contribution in [1.29, 1.82) is 0 Å². The van der Waals surface area contributed by atoms with Gasteiger partial charge in [-0.2, -0.15) is 26.3 Å². The van der Waals surface area contributed by atoms with Gasteiger partial charge in [0.05, 0.1) is 17.4 Å². The van der Waals surface area contributed by atoms with Crippen LogP contribution >= 0.6 is 0 Å². The van der Waals surface area contributed by atoms with Gasteiger partial charge in [-0.05, 0) is 42.7 Å². The Hall–Kier alpha value is -4.34. The fourth-order valence-electron chi connectivity index (χ4n) is 3.64. The molecule has 0 radical (unpaired) electrons. The van der Waals surface area contributed by atoms with Crippen LogP contribution in [0.5, 0.6) is 0 Å². The maximum absolute atomic E-state index is 15.2. The average Bonchev–Trinajstić information content (AvgIpc) is 3.26. The van der Waals surface area contributed by atoms with Crippen LogP contribution in [0.25, 0.3) is 16.8 Å². The third-order valence-electron chi connectivity index (χ3n) is 5.38. The SMILES string of the molecule is [2H]C([2H])([2H])c1nc(-c2ccc(NC(=O)[C@H](O)c3cc(F)cc(C(F)(F)F)c3)c(F)c2F)c2c(N)ncc(C(F)(F)F)n12. The van der Waals surface area contributed by atoms with E-state index >= 15 is 8.78 Å². The summed E-state index contributed by atoms with van der Waals surface area (Å²) in [5.41, 5.74) is -1.99. The Bertz CT molecular complexity index is 1720. The molecule has 1 atom stereocenters. The number of nitrogens with two attached hydrogens (primary N) is 1. The third kappa shape index (κ3) is 5.06. The number of rotatable bonds is 4. The number of amides is 1. The van der Waals surface area contributed by atoms with E-state index in [-0.39, 0.29) is 22.7 Å². The molecule has 0 unspecified atom stereocenters. The average molecular weight is 566 g/mol. The fraction of sp³-hybridized carbons (Fsp3) is 0.174. The van der Waals surface area contributed by atoms with E-state index in [2.05, 4.69) is 9.97 Å². The summed E-state index contributed by atoms with van der Waals surface area (Å²) in [5, 5.41) is 11.8. The summed E-state index contributed by atoms with van der Waals surface area (Å²) in [6.45, 7) is -3.31. The number of nitrogens with zero attached hydrogens (tertiary/aromatic N) is 3. The van der Waals surface area contributed by atoms with Crippen molar-refractivity contribution in [2.24, 2.45) is 0 Å². The minimum Gasteiger partial charge on any atom is -0.382 e. The maximum atomic E-state index is 15.2. The maximum Gasteiger partial charge on any atom is 0.433 e. The minimum atomic E-state index is -5.18. The Kier molecular flexibility index (Phi) is 5.75. The molecular weight excluding hydrogens is 549 g/mol. The molecule has 0 aliphatic carbocycles. The van der Waals surface area contributed by atoms with E-state index in [4.69, 9.17) is 9.85 Å². The number of imidazole rings is 1. The zero-order valence-electron chi connectivity index (χ0n) is 21.7. The zero-order chi connectivity index (χ0) is 31.5. The number of alkyl halides is 6. The molecule has 4 aromatic rings. The highest BCUT2D eigenvalue weighted by molar-refractivity contribution is 5.95. The molecule has 0 aliphatic heterocycles. The van der Waals surface area contributed by atoms with Crippen molar-refractivity contribution < 1.29 is 53.5 Å². The zero-order valence-corrected chi connectivity index (χ0v) is 18.7. The number of anilines is 2.